The summed E-state index contributed by atoms with van der Waals surface area (Å²) in [5.74, 6) is 0.488. The quantitative estimate of drug-likeness (QED) is 0.629. The van der Waals surface area contributed by atoms with Crippen molar-refractivity contribution in [1.82, 2.24) is 10.6 Å². The van der Waals surface area contributed by atoms with Crippen LogP contribution >= 0.6 is 0 Å². The van der Waals surface area contributed by atoms with Gasteiger partial charge in [-0.25, -0.2) is 0 Å². The topological polar surface area (TPSA) is 41.1 Å². The predicted molar refractivity (Wildman–Crippen MR) is 58.1 cm³/mol. The summed E-state index contributed by atoms with van der Waals surface area (Å²) in [6.45, 7) is 9.10. The van der Waals surface area contributed by atoms with Crippen LogP contribution < -0.4 is 10.6 Å². The molecule has 0 saturated heterocycles. The Kier molecular flexibility index (Phi) is 3.93. The largest absolute Gasteiger partial charge is 0.355 e. The lowest BCUT2D eigenvalue weighted by atomic mass is 10.1. The number of rotatable bonds is 6. The first-order chi connectivity index (χ1) is 6.58. The van der Waals surface area contributed by atoms with Gasteiger partial charge < -0.3 is 10.6 Å². The van der Waals surface area contributed by atoms with Crippen molar-refractivity contribution >= 4 is 5.91 Å². The molecule has 1 amide bonds. The molecule has 3 nitrogen and oxygen atoms in total. The Morgan fingerprint density at radius 2 is 2.00 bits per heavy atom. The van der Waals surface area contributed by atoms with Crippen molar-refractivity contribution in [2.24, 2.45) is 11.3 Å². The summed E-state index contributed by atoms with van der Waals surface area (Å²) >= 11 is 0. The molecule has 0 bridgehead atoms. The van der Waals surface area contributed by atoms with E-state index in [1.54, 1.807) is 0 Å². The van der Waals surface area contributed by atoms with Gasteiger partial charge >= 0.3 is 0 Å². The molecule has 2 N–H and O–H groups in total. The molecule has 1 fully saturated rings. The Hall–Kier alpha value is -0.570. The summed E-state index contributed by atoms with van der Waals surface area (Å²) in [4.78, 5) is 11.5. The second-order valence-corrected chi connectivity index (χ2v) is 4.79. The highest BCUT2D eigenvalue weighted by molar-refractivity contribution is 5.82. The van der Waals surface area contributed by atoms with Crippen LogP contribution in [0.4, 0.5) is 0 Å². The van der Waals surface area contributed by atoms with Gasteiger partial charge in [0, 0.05) is 19.0 Å². The van der Waals surface area contributed by atoms with Crippen LogP contribution in [0.25, 0.3) is 0 Å². The van der Waals surface area contributed by atoms with E-state index in [0.29, 0.717) is 0 Å². The van der Waals surface area contributed by atoms with Gasteiger partial charge in [0.2, 0.25) is 5.91 Å². The minimum absolute atomic E-state index is 0.230. The lowest BCUT2D eigenvalue weighted by molar-refractivity contribution is -0.122. The third-order valence-electron chi connectivity index (χ3n) is 2.86. The summed E-state index contributed by atoms with van der Waals surface area (Å²) < 4.78 is 0. The standard InChI is InChI=1S/C11H22N2O/c1-4-5-12-6-7-13-10(14)9-8-11(9,2)3/h9,12H,4-8H2,1-3H3,(H,13,14). The number of carbonyl (C=O) groups is 1. The molecule has 0 aliphatic heterocycles. The van der Waals surface area contributed by atoms with Crippen LogP contribution in [0.15, 0.2) is 0 Å². The molecule has 0 aromatic heterocycles. The van der Waals surface area contributed by atoms with Crippen LogP contribution in [0.1, 0.15) is 33.6 Å². The van der Waals surface area contributed by atoms with Gasteiger partial charge in [0.05, 0.1) is 0 Å². The third kappa shape index (κ3) is 3.29. The molecule has 14 heavy (non-hydrogen) atoms. The zero-order chi connectivity index (χ0) is 10.6. The highest BCUT2D eigenvalue weighted by Crippen LogP contribution is 2.51. The van der Waals surface area contributed by atoms with Gasteiger partial charge in [0.25, 0.3) is 0 Å². The summed E-state index contributed by atoms with van der Waals surface area (Å²) in [6.07, 6.45) is 2.19. The van der Waals surface area contributed by atoms with E-state index in [0.717, 1.165) is 32.5 Å². The van der Waals surface area contributed by atoms with Crippen LogP contribution in [-0.4, -0.2) is 25.5 Å². The number of amides is 1. The maximum absolute atomic E-state index is 11.5. The molecule has 1 rings (SSSR count). The van der Waals surface area contributed by atoms with E-state index >= 15 is 0 Å². The Morgan fingerprint density at radius 1 is 1.36 bits per heavy atom. The first-order valence-electron chi connectivity index (χ1n) is 5.56. The molecular formula is C11H22N2O. The highest BCUT2D eigenvalue weighted by Gasteiger charge is 2.50. The Balaban J connectivity index is 2.00. The SMILES string of the molecule is CCCNCCNC(=O)C1CC1(C)C. The van der Waals surface area contributed by atoms with Crippen molar-refractivity contribution < 1.29 is 4.79 Å². The van der Waals surface area contributed by atoms with Gasteiger partial charge in [0.1, 0.15) is 0 Å². The van der Waals surface area contributed by atoms with E-state index in [4.69, 9.17) is 0 Å². The van der Waals surface area contributed by atoms with E-state index in [-0.39, 0.29) is 17.2 Å². The summed E-state index contributed by atoms with van der Waals surface area (Å²) in [5, 5.41) is 6.21. The molecule has 1 aliphatic carbocycles. The molecule has 3 heteroatoms. The van der Waals surface area contributed by atoms with E-state index < -0.39 is 0 Å². The molecule has 0 radical (unpaired) electrons. The zero-order valence-electron chi connectivity index (χ0n) is 9.52. The Bertz CT molecular complexity index is 201. The van der Waals surface area contributed by atoms with Crippen molar-refractivity contribution in [2.45, 2.75) is 33.6 Å². The molecule has 1 unspecified atom stereocenters. The fourth-order valence-corrected chi connectivity index (χ4v) is 1.61. The van der Waals surface area contributed by atoms with Gasteiger partial charge in [-0.05, 0) is 24.8 Å². The smallest absolute Gasteiger partial charge is 0.223 e. The number of hydrogen-bond donors (Lipinski definition) is 2. The fraction of sp³-hybridized carbons (Fsp3) is 0.909. The highest BCUT2D eigenvalue weighted by atomic mass is 16.2. The molecule has 0 aromatic carbocycles. The molecule has 0 spiro atoms. The molecule has 1 saturated carbocycles. The molecule has 82 valence electrons. The van der Waals surface area contributed by atoms with Crippen molar-refractivity contribution in [3.63, 3.8) is 0 Å². The van der Waals surface area contributed by atoms with Gasteiger partial charge in [-0.2, -0.15) is 0 Å². The predicted octanol–water partition coefficient (Wildman–Crippen LogP) is 1.15. The second kappa shape index (κ2) is 4.78. The van der Waals surface area contributed by atoms with E-state index in [2.05, 4.69) is 31.4 Å². The van der Waals surface area contributed by atoms with Gasteiger partial charge in [-0.3, -0.25) is 4.79 Å². The zero-order valence-corrected chi connectivity index (χ0v) is 9.52. The minimum atomic E-state index is 0.230. The van der Waals surface area contributed by atoms with Crippen molar-refractivity contribution in [3.05, 3.63) is 0 Å². The number of carbonyl (C=O) groups excluding carboxylic acids is 1. The van der Waals surface area contributed by atoms with Crippen LogP contribution in [-0.2, 0) is 4.79 Å². The first kappa shape index (κ1) is 11.5. The average molecular weight is 198 g/mol. The van der Waals surface area contributed by atoms with E-state index in [9.17, 15) is 4.79 Å². The molecular weight excluding hydrogens is 176 g/mol. The van der Waals surface area contributed by atoms with Crippen molar-refractivity contribution in [3.8, 4) is 0 Å². The maximum Gasteiger partial charge on any atom is 0.223 e. The monoisotopic (exact) mass is 198 g/mol. The molecule has 1 atom stereocenters. The van der Waals surface area contributed by atoms with Crippen molar-refractivity contribution in [2.75, 3.05) is 19.6 Å². The number of nitrogens with one attached hydrogen (secondary N) is 2. The van der Waals surface area contributed by atoms with Crippen molar-refractivity contribution in [1.29, 1.82) is 0 Å². The van der Waals surface area contributed by atoms with Gasteiger partial charge in [0.15, 0.2) is 0 Å². The normalized spacial score (nSPS) is 23.2. The molecule has 0 heterocycles. The lowest BCUT2D eigenvalue weighted by Crippen LogP contribution is -2.33. The lowest BCUT2D eigenvalue weighted by Gasteiger charge is -2.06. The van der Waals surface area contributed by atoms with Crippen LogP contribution in [0.2, 0.25) is 0 Å². The van der Waals surface area contributed by atoms with Crippen LogP contribution in [0.3, 0.4) is 0 Å². The third-order valence-corrected chi connectivity index (χ3v) is 2.86. The van der Waals surface area contributed by atoms with Crippen LogP contribution in [0.5, 0.6) is 0 Å². The molecule has 0 aromatic rings. The second-order valence-electron chi connectivity index (χ2n) is 4.79. The fourth-order valence-electron chi connectivity index (χ4n) is 1.61. The maximum atomic E-state index is 11.5. The summed E-state index contributed by atoms with van der Waals surface area (Å²) in [7, 11) is 0. The summed E-state index contributed by atoms with van der Waals surface area (Å²) in [5.41, 5.74) is 0.251. The van der Waals surface area contributed by atoms with Crippen LogP contribution in [0, 0.1) is 11.3 Å². The Labute approximate surface area is 86.6 Å². The van der Waals surface area contributed by atoms with Gasteiger partial charge in [-0.1, -0.05) is 20.8 Å². The molecule has 1 aliphatic rings. The number of hydrogen-bond acceptors (Lipinski definition) is 2. The first-order valence-corrected chi connectivity index (χ1v) is 5.56. The van der Waals surface area contributed by atoms with E-state index in [1.807, 2.05) is 0 Å². The van der Waals surface area contributed by atoms with E-state index in [1.165, 1.54) is 0 Å². The Morgan fingerprint density at radius 3 is 2.50 bits per heavy atom. The average Bonchev–Trinajstić information content (AvgIpc) is 2.75. The summed E-state index contributed by atoms with van der Waals surface area (Å²) in [6, 6.07) is 0. The minimum Gasteiger partial charge on any atom is -0.355 e. The van der Waals surface area contributed by atoms with Gasteiger partial charge in [-0.15, -0.1) is 0 Å².